The van der Waals surface area contributed by atoms with E-state index in [9.17, 15) is 5.11 Å². The highest BCUT2D eigenvalue weighted by Crippen LogP contribution is 2.23. The maximum absolute atomic E-state index is 9.38. The summed E-state index contributed by atoms with van der Waals surface area (Å²) in [6.45, 7) is 18.9. The van der Waals surface area contributed by atoms with E-state index in [1.54, 1.807) is 0 Å². The number of nitrogens with zero attached hydrogens (tertiary/aromatic N) is 1. The fourth-order valence-electron chi connectivity index (χ4n) is 7.90. The Bertz CT molecular complexity index is 1040. The number of unbranched alkanes of at least 4 members (excludes halogenated alkanes) is 18. The number of aliphatic hydroxyl groups excluding tert-OH is 1. The first-order valence-electron chi connectivity index (χ1n) is 26.9. The Balaban J connectivity index is 4.66. The molecular weight excluding hydrogens is 779 g/mol. The van der Waals surface area contributed by atoms with Crippen molar-refractivity contribution in [2.24, 2.45) is 5.92 Å². The van der Waals surface area contributed by atoms with Crippen molar-refractivity contribution in [2.75, 3.05) is 39.5 Å². The molecule has 0 aliphatic heterocycles. The second-order valence-electron chi connectivity index (χ2n) is 18.5. The van der Waals surface area contributed by atoms with Gasteiger partial charge in [0.2, 0.25) is 0 Å². The summed E-state index contributed by atoms with van der Waals surface area (Å²) in [5.74, 6) is 0.655. The average Bonchev–Trinajstić information content (AvgIpc) is 3.26. The molecule has 0 aromatic rings. The summed E-state index contributed by atoms with van der Waals surface area (Å²) in [6.07, 6.45) is 61.6. The molecule has 6 heteroatoms. The van der Waals surface area contributed by atoms with Crippen LogP contribution in [0.1, 0.15) is 233 Å². The predicted octanol–water partition coefficient (Wildman–Crippen LogP) is 17.3. The SMILES string of the molecule is CC/C=C\C/C=C\C/C=C\C/C=C\C/C=C\CCCCN(CCCCO)CCCCCCOC(CCCCCCC)O[Si](C)(C)OCC(CCCCCC)CCCCCCCC. The Hall–Kier alpha value is -1.28. The van der Waals surface area contributed by atoms with Crippen molar-refractivity contribution in [3.05, 3.63) is 60.8 Å². The third-order valence-corrected chi connectivity index (χ3v) is 13.6. The van der Waals surface area contributed by atoms with Gasteiger partial charge < -0.3 is 23.6 Å². The van der Waals surface area contributed by atoms with Crippen LogP contribution < -0.4 is 0 Å². The van der Waals surface area contributed by atoms with Crippen molar-refractivity contribution < 1.29 is 18.7 Å². The van der Waals surface area contributed by atoms with Gasteiger partial charge >= 0.3 is 8.56 Å². The summed E-state index contributed by atoms with van der Waals surface area (Å²) in [6, 6.07) is 0. The molecule has 0 aliphatic carbocycles. The zero-order chi connectivity index (χ0) is 45.3. The second kappa shape index (κ2) is 49.2. The van der Waals surface area contributed by atoms with E-state index >= 15 is 0 Å². The smallest absolute Gasteiger partial charge is 0.333 e. The van der Waals surface area contributed by atoms with Crippen LogP contribution in [0.4, 0.5) is 0 Å². The summed E-state index contributed by atoms with van der Waals surface area (Å²) in [4.78, 5) is 2.64. The summed E-state index contributed by atoms with van der Waals surface area (Å²) >= 11 is 0. The van der Waals surface area contributed by atoms with Crippen LogP contribution in [0.3, 0.4) is 0 Å². The van der Waals surface area contributed by atoms with Gasteiger partial charge in [0.05, 0.1) is 0 Å². The number of hydrogen-bond acceptors (Lipinski definition) is 5. The van der Waals surface area contributed by atoms with Gasteiger partial charge in [-0.25, -0.2) is 0 Å². The van der Waals surface area contributed by atoms with Gasteiger partial charge in [0.1, 0.15) is 6.29 Å². The van der Waals surface area contributed by atoms with E-state index in [4.69, 9.17) is 13.6 Å². The van der Waals surface area contributed by atoms with Gasteiger partial charge in [-0.05, 0) is 141 Å². The summed E-state index contributed by atoms with van der Waals surface area (Å²) in [7, 11) is -2.33. The average molecular weight is 887 g/mol. The third-order valence-electron chi connectivity index (χ3n) is 11.9. The molecule has 5 nitrogen and oxygen atoms in total. The second-order valence-corrected chi connectivity index (χ2v) is 21.8. The molecule has 0 fully saturated rings. The van der Waals surface area contributed by atoms with E-state index in [-0.39, 0.29) is 6.29 Å². The lowest BCUT2D eigenvalue weighted by Crippen LogP contribution is -2.41. The van der Waals surface area contributed by atoms with Crippen molar-refractivity contribution in [1.82, 2.24) is 4.90 Å². The minimum absolute atomic E-state index is 0.142. The lowest BCUT2D eigenvalue weighted by Gasteiger charge is -2.31. The van der Waals surface area contributed by atoms with Gasteiger partial charge in [0, 0.05) is 19.8 Å². The standard InChI is InChI=1S/C56H107NO4Si/c1-7-11-15-19-21-22-23-24-25-26-27-28-29-30-31-32-35-41-49-57(51-43-44-52-58)50-42-36-37-45-53-59-56(48-40-33-17-13-9-3)61-62(5,6)60-54-55(46-38-18-14-10-4)47-39-34-20-16-12-8-2/h11,15,21-22,24-25,27-28,30-31,55-56,58H,7-10,12-14,16-20,23,26,29,32-54H2,1-6H3/b15-11-,22-21-,25-24-,28-27-,31-30-. The van der Waals surface area contributed by atoms with Crippen LogP contribution in [-0.4, -0.2) is 64.3 Å². The summed E-state index contributed by atoms with van der Waals surface area (Å²) in [5, 5.41) is 9.38. The molecule has 0 aromatic heterocycles. The zero-order valence-electron chi connectivity index (χ0n) is 42.4. The van der Waals surface area contributed by atoms with Crippen molar-refractivity contribution in [2.45, 2.75) is 253 Å². The quantitative estimate of drug-likeness (QED) is 0.0285. The zero-order valence-corrected chi connectivity index (χ0v) is 43.4. The van der Waals surface area contributed by atoms with E-state index < -0.39 is 8.56 Å². The predicted molar refractivity (Wildman–Crippen MR) is 277 cm³/mol. The van der Waals surface area contributed by atoms with E-state index in [0.717, 1.165) is 97.1 Å². The fraction of sp³-hybridized carbons (Fsp3) is 0.821. The monoisotopic (exact) mass is 886 g/mol. The van der Waals surface area contributed by atoms with Gasteiger partial charge in [-0.3, -0.25) is 0 Å². The Morgan fingerprint density at radius 3 is 1.45 bits per heavy atom. The van der Waals surface area contributed by atoms with Crippen molar-refractivity contribution >= 4 is 8.56 Å². The number of allylic oxidation sites excluding steroid dienone is 10. The highest BCUT2D eigenvalue weighted by atomic mass is 28.4. The number of hydrogen-bond donors (Lipinski definition) is 1. The minimum Gasteiger partial charge on any atom is -0.396 e. The molecule has 2 unspecified atom stereocenters. The van der Waals surface area contributed by atoms with Gasteiger partial charge in [0.25, 0.3) is 0 Å². The lowest BCUT2D eigenvalue weighted by atomic mass is 9.95. The van der Waals surface area contributed by atoms with E-state index in [1.807, 2.05) is 0 Å². The molecular formula is C56H107NO4Si. The molecule has 0 amide bonds. The Morgan fingerprint density at radius 2 is 0.903 bits per heavy atom. The van der Waals surface area contributed by atoms with Crippen molar-refractivity contribution in [3.63, 3.8) is 0 Å². The maximum Gasteiger partial charge on any atom is 0.333 e. The molecule has 62 heavy (non-hydrogen) atoms. The molecule has 0 spiro atoms. The molecule has 0 aromatic carbocycles. The number of rotatable bonds is 49. The van der Waals surface area contributed by atoms with Gasteiger partial charge in [-0.15, -0.1) is 0 Å². The topological polar surface area (TPSA) is 51.2 Å². The molecule has 0 bridgehead atoms. The highest BCUT2D eigenvalue weighted by Gasteiger charge is 2.30. The van der Waals surface area contributed by atoms with Crippen LogP contribution in [0.25, 0.3) is 0 Å². The van der Waals surface area contributed by atoms with Crippen molar-refractivity contribution in [1.29, 1.82) is 0 Å². The summed E-state index contributed by atoms with van der Waals surface area (Å²) in [5.41, 5.74) is 0. The van der Waals surface area contributed by atoms with Crippen molar-refractivity contribution in [3.8, 4) is 0 Å². The highest BCUT2D eigenvalue weighted by molar-refractivity contribution is 6.64. The Kier molecular flexibility index (Phi) is 48.1. The third kappa shape index (κ3) is 45.3. The fourth-order valence-corrected chi connectivity index (χ4v) is 9.42. The van der Waals surface area contributed by atoms with Crippen LogP contribution in [0, 0.1) is 5.92 Å². The van der Waals surface area contributed by atoms with Crippen LogP contribution in [-0.2, 0) is 13.6 Å². The molecule has 0 radical (unpaired) electrons. The molecule has 2 atom stereocenters. The van der Waals surface area contributed by atoms with E-state index in [1.165, 1.54) is 141 Å². The van der Waals surface area contributed by atoms with Crippen LogP contribution in [0.5, 0.6) is 0 Å². The molecule has 0 rings (SSSR count). The van der Waals surface area contributed by atoms with Gasteiger partial charge in [0.15, 0.2) is 0 Å². The first kappa shape index (κ1) is 60.7. The molecule has 1 N–H and O–H groups in total. The van der Waals surface area contributed by atoms with Crippen LogP contribution in [0.15, 0.2) is 60.8 Å². The molecule has 0 saturated carbocycles. The van der Waals surface area contributed by atoms with Crippen LogP contribution in [0.2, 0.25) is 13.1 Å². The Labute approximate surface area is 389 Å². The number of ether oxygens (including phenoxy) is 1. The molecule has 0 saturated heterocycles. The lowest BCUT2D eigenvalue weighted by molar-refractivity contribution is -0.105. The Morgan fingerprint density at radius 1 is 0.468 bits per heavy atom. The van der Waals surface area contributed by atoms with E-state index in [2.05, 4.69) is 106 Å². The maximum atomic E-state index is 9.38. The normalized spacial score (nSPS) is 13.8. The largest absolute Gasteiger partial charge is 0.396 e. The van der Waals surface area contributed by atoms with Gasteiger partial charge in [-0.1, -0.05) is 191 Å². The van der Waals surface area contributed by atoms with Gasteiger partial charge in [-0.2, -0.15) is 0 Å². The first-order valence-corrected chi connectivity index (χ1v) is 29.7. The first-order chi connectivity index (χ1) is 30.4. The molecule has 0 heterocycles. The van der Waals surface area contributed by atoms with E-state index in [0.29, 0.717) is 12.5 Å². The van der Waals surface area contributed by atoms with Crippen LogP contribution >= 0.6 is 0 Å². The summed E-state index contributed by atoms with van der Waals surface area (Å²) < 4.78 is 20.0. The molecule has 364 valence electrons. The minimum atomic E-state index is -2.33. The molecule has 0 aliphatic rings. The number of aliphatic hydroxyl groups is 1.